The number of nitrogens with two attached hydrogens (primary N) is 1. The number of fused-ring (bicyclic) bond motifs is 1. The summed E-state index contributed by atoms with van der Waals surface area (Å²) in [5.74, 6) is 0.894. The van der Waals surface area contributed by atoms with Crippen LogP contribution in [0.3, 0.4) is 0 Å². The van der Waals surface area contributed by atoms with E-state index in [4.69, 9.17) is 26.8 Å². The van der Waals surface area contributed by atoms with E-state index >= 15 is 0 Å². The molecule has 5 nitrogen and oxygen atoms in total. The molecular weight excluding hydrogens is 280 g/mol. The van der Waals surface area contributed by atoms with Gasteiger partial charge in [-0.1, -0.05) is 11.6 Å². The summed E-state index contributed by atoms with van der Waals surface area (Å²) in [6, 6.07) is 3.73. The van der Waals surface area contributed by atoms with Gasteiger partial charge in [-0.05, 0) is 37.8 Å². The van der Waals surface area contributed by atoms with Crippen LogP contribution in [0.15, 0.2) is 12.1 Å². The highest BCUT2D eigenvalue weighted by Gasteiger charge is 2.23. The van der Waals surface area contributed by atoms with E-state index in [2.05, 4.69) is 5.32 Å². The topological polar surface area (TPSA) is 73.6 Å². The van der Waals surface area contributed by atoms with E-state index in [1.54, 1.807) is 12.1 Å². The largest absolute Gasteiger partial charge is 0.454 e. The molecule has 20 heavy (non-hydrogen) atoms. The van der Waals surface area contributed by atoms with Gasteiger partial charge >= 0.3 is 0 Å². The van der Waals surface area contributed by atoms with Crippen LogP contribution in [0.2, 0.25) is 5.02 Å². The molecule has 1 aromatic carbocycles. The SMILES string of the molecule is NC1CCC(NC(=O)c2cc(Cl)c3c(c2)OCO3)CC1. The second-order valence-electron chi connectivity index (χ2n) is 5.28. The quantitative estimate of drug-likeness (QED) is 0.876. The number of benzene rings is 1. The van der Waals surface area contributed by atoms with E-state index in [1.807, 2.05) is 0 Å². The monoisotopic (exact) mass is 296 g/mol. The highest BCUT2D eigenvalue weighted by atomic mass is 35.5. The van der Waals surface area contributed by atoms with Crippen LogP contribution in [0, 0.1) is 0 Å². The van der Waals surface area contributed by atoms with E-state index in [0.717, 1.165) is 25.7 Å². The Morgan fingerprint density at radius 2 is 2.00 bits per heavy atom. The first-order valence-corrected chi connectivity index (χ1v) is 7.17. The molecule has 0 radical (unpaired) electrons. The fourth-order valence-corrected chi connectivity index (χ4v) is 2.90. The van der Waals surface area contributed by atoms with Gasteiger partial charge in [-0.2, -0.15) is 0 Å². The van der Waals surface area contributed by atoms with Crippen molar-refractivity contribution in [1.82, 2.24) is 5.32 Å². The average Bonchev–Trinajstić information content (AvgIpc) is 2.90. The summed E-state index contributed by atoms with van der Waals surface area (Å²) in [5.41, 5.74) is 6.35. The molecule has 3 N–H and O–H groups in total. The first-order valence-electron chi connectivity index (χ1n) is 6.79. The van der Waals surface area contributed by atoms with E-state index in [1.165, 1.54) is 0 Å². The van der Waals surface area contributed by atoms with Crippen LogP contribution < -0.4 is 20.5 Å². The highest BCUT2D eigenvalue weighted by molar-refractivity contribution is 6.32. The van der Waals surface area contributed by atoms with Crippen LogP contribution in [0.5, 0.6) is 11.5 Å². The minimum atomic E-state index is -0.134. The zero-order chi connectivity index (χ0) is 14.1. The molecule has 0 bridgehead atoms. The van der Waals surface area contributed by atoms with Crippen molar-refractivity contribution in [3.8, 4) is 11.5 Å². The van der Waals surface area contributed by atoms with Crippen molar-refractivity contribution in [3.05, 3.63) is 22.7 Å². The third kappa shape index (κ3) is 2.69. The Morgan fingerprint density at radius 1 is 1.25 bits per heavy atom. The zero-order valence-corrected chi connectivity index (χ0v) is 11.8. The molecule has 1 heterocycles. The van der Waals surface area contributed by atoms with Gasteiger partial charge < -0.3 is 20.5 Å². The number of carbonyl (C=O) groups excluding carboxylic acids is 1. The summed E-state index contributed by atoms with van der Waals surface area (Å²) in [6.07, 6.45) is 3.75. The Hall–Kier alpha value is -1.46. The van der Waals surface area contributed by atoms with E-state index in [-0.39, 0.29) is 24.8 Å². The van der Waals surface area contributed by atoms with Crippen molar-refractivity contribution in [2.45, 2.75) is 37.8 Å². The van der Waals surface area contributed by atoms with E-state index in [9.17, 15) is 4.79 Å². The van der Waals surface area contributed by atoms with Crippen molar-refractivity contribution >= 4 is 17.5 Å². The van der Waals surface area contributed by atoms with Crippen molar-refractivity contribution in [3.63, 3.8) is 0 Å². The first kappa shape index (κ1) is 13.5. The molecule has 1 aromatic rings. The number of hydrogen-bond acceptors (Lipinski definition) is 4. The molecule has 0 atom stereocenters. The van der Waals surface area contributed by atoms with Gasteiger partial charge in [0.1, 0.15) is 0 Å². The normalized spacial score (nSPS) is 24.5. The number of hydrogen-bond donors (Lipinski definition) is 2. The Kier molecular flexibility index (Phi) is 3.72. The molecule has 1 amide bonds. The lowest BCUT2D eigenvalue weighted by molar-refractivity contribution is 0.0925. The lowest BCUT2D eigenvalue weighted by atomic mass is 9.91. The number of halogens is 1. The van der Waals surface area contributed by atoms with Gasteiger partial charge in [0.15, 0.2) is 11.5 Å². The van der Waals surface area contributed by atoms with Crippen LogP contribution in [-0.2, 0) is 0 Å². The molecule has 1 aliphatic heterocycles. The van der Waals surface area contributed by atoms with E-state index < -0.39 is 0 Å². The molecule has 1 saturated carbocycles. The van der Waals surface area contributed by atoms with Crippen molar-refractivity contribution in [2.24, 2.45) is 5.73 Å². The van der Waals surface area contributed by atoms with Crippen molar-refractivity contribution < 1.29 is 14.3 Å². The van der Waals surface area contributed by atoms with Gasteiger partial charge in [0, 0.05) is 17.6 Å². The fourth-order valence-electron chi connectivity index (χ4n) is 2.63. The third-order valence-electron chi connectivity index (χ3n) is 3.80. The summed E-state index contributed by atoms with van der Waals surface area (Å²) in [6.45, 7) is 0.140. The number of amides is 1. The first-order chi connectivity index (χ1) is 9.63. The molecule has 0 aromatic heterocycles. The summed E-state index contributed by atoms with van der Waals surface area (Å²) in [7, 11) is 0. The molecule has 0 saturated heterocycles. The Bertz CT molecular complexity index is 527. The predicted octanol–water partition coefficient (Wildman–Crippen LogP) is 2.07. The lowest BCUT2D eigenvalue weighted by Crippen LogP contribution is -2.40. The van der Waals surface area contributed by atoms with Gasteiger partial charge in [-0.25, -0.2) is 0 Å². The molecular formula is C14H17ClN2O3. The number of ether oxygens (including phenoxy) is 2. The summed E-state index contributed by atoms with van der Waals surface area (Å²) in [4.78, 5) is 12.2. The summed E-state index contributed by atoms with van der Waals surface area (Å²) >= 11 is 6.08. The minimum absolute atomic E-state index is 0.134. The van der Waals surface area contributed by atoms with Crippen LogP contribution in [0.25, 0.3) is 0 Å². The maximum absolute atomic E-state index is 12.2. The Morgan fingerprint density at radius 3 is 2.75 bits per heavy atom. The fraction of sp³-hybridized carbons (Fsp3) is 0.500. The Balaban J connectivity index is 1.70. The maximum Gasteiger partial charge on any atom is 0.251 e. The second kappa shape index (κ2) is 5.50. The minimum Gasteiger partial charge on any atom is -0.454 e. The smallest absolute Gasteiger partial charge is 0.251 e. The molecule has 3 rings (SSSR count). The molecule has 6 heteroatoms. The van der Waals surface area contributed by atoms with Crippen molar-refractivity contribution in [1.29, 1.82) is 0 Å². The van der Waals surface area contributed by atoms with Crippen LogP contribution >= 0.6 is 11.6 Å². The molecule has 1 fully saturated rings. The predicted molar refractivity (Wildman–Crippen MR) is 75.3 cm³/mol. The zero-order valence-electron chi connectivity index (χ0n) is 11.0. The van der Waals surface area contributed by atoms with Gasteiger partial charge in [0.2, 0.25) is 6.79 Å². The number of nitrogens with one attached hydrogen (secondary N) is 1. The molecule has 1 aliphatic carbocycles. The van der Waals surface area contributed by atoms with Gasteiger partial charge in [-0.15, -0.1) is 0 Å². The third-order valence-corrected chi connectivity index (χ3v) is 4.08. The van der Waals surface area contributed by atoms with Crippen LogP contribution in [-0.4, -0.2) is 24.8 Å². The van der Waals surface area contributed by atoms with Crippen LogP contribution in [0.1, 0.15) is 36.0 Å². The standard InChI is InChI=1S/C14H17ClN2O3/c15-11-5-8(6-12-13(11)20-7-19-12)14(18)17-10-3-1-9(16)2-4-10/h5-6,9-10H,1-4,7,16H2,(H,17,18). The highest BCUT2D eigenvalue weighted by Crippen LogP contribution is 2.39. The summed E-state index contributed by atoms with van der Waals surface area (Å²) < 4.78 is 10.5. The molecule has 0 spiro atoms. The van der Waals surface area contributed by atoms with Gasteiger partial charge in [-0.3, -0.25) is 4.79 Å². The molecule has 0 unspecified atom stereocenters. The van der Waals surface area contributed by atoms with Gasteiger partial charge in [0.05, 0.1) is 5.02 Å². The Labute approximate surface area is 122 Å². The second-order valence-corrected chi connectivity index (χ2v) is 5.68. The van der Waals surface area contributed by atoms with Crippen molar-refractivity contribution in [2.75, 3.05) is 6.79 Å². The maximum atomic E-state index is 12.2. The molecule has 2 aliphatic rings. The molecule has 108 valence electrons. The lowest BCUT2D eigenvalue weighted by Gasteiger charge is -2.26. The van der Waals surface area contributed by atoms with Gasteiger partial charge in [0.25, 0.3) is 5.91 Å². The average molecular weight is 297 g/mol. The number of carbonyl (C=O) groups is 1. The number of rotatable bonds is 2. The van der Waals surface area contributed by atoms with E-state index in [0.29, 0.717) is 22.1 Å². The van der Waals surface area contributed by atoms with Crippen LogP contribution in [0.4, 0.5) is 0 Å². The summed E-state index contributed by atoms with van der Waals surface area (Å²) in [5, 5.41) is 3.42.